The van der Waals surface area contributed by atoms with E-state index in [1.807, 2.05) is 41.4 Å². The van der Waals surface area contributed by atoms with Crippen molar-refractivity contribution in [3.8, 4) is 0 Å². The molecule has 0 aliphatic heterocycles. The van der Waals surface area contributed by atoms with E-state index in [1.54, 1.807) is 0 Å². The average molecular weight is 280 g/mol. The number of fused-ring (bicyclic) bond motifs is 1. The zero-order valence-corrected chi connectivity index (χ0v) is 12.2. The van der Waals surface area contributed by atoms with Gasteiger partial charge in [-0.3, -0.25) is 4.98 Å². The lowest BCUT2D eigenvalue weighted by molar-refractivity contribution is 0.531. The number of pyridine rings is 2. The van der Waals surface area contributed by atoms with Crippen molar-refractivity contribution in [3.05, 3.63) is 66.2 Å². The lowest BCUT2D eigenvalue weighted by atomic mass is 10.0. The van der Waals surface area contributed by atoms with Gasteiger partial charge in [0.05, 0.1) is 11.7 Å². The highest BCUT2D eigenvalue weighted by molar-refractivity contribution is 5.55. The van der Waals surface area contributed by atoms with Crippen molar-refractivity contribution >= 4 is 5.52 Å². The van der Waals surface area contributed by atoms with Gasteiger partial charge >= 0.3 is 0 Å². The minimum absolute atomic E-state index is 0.258. The molecule has 108 valence electrons. The quantitative estimate of drug-likeness (QED) is 0.754. The zero-order valence-electron chi connectivity index (χ0n) is 12.2. The fourth-order valence-corrected chi connectivity index (χ4v) is 2.59. The first kappa shape index (κ1) is 13.8. The second-order valence-electron chi connectivity index (χ2n) is 5.20. The van der Waals surface area contributed by atoms with Crippen LogP contribution in [0.15, 0.2) is 55.1 Å². The maximum Gasteiger partial charge on any atom is 0.0709 e. The van der Waals surface area contributed by atoms with Gasteiger partial charge in [0.15, 0.2) is 0 Å². The van der Waals surface area contributed by atoms with Gasteiger partial charge in [0.1, 0.15) is 0 Å². The summed E-state index contributed by atoms with van der Waals surface area (Å²) in [7, 11) is 0. The molecule has 4 heteroatoms. The maximum atomic E-state index is 4.45. The number of nitrogens with one attached hydrogen (secondary N) is 1. The van der Waals surface area contributed by atoms with Crippen LogP contribution in [0.1, 0.15) is 30.5 Å². The summed E-state index contributed by atoms with van der Waals surface area (Å²) >= 11 is 0. The molecule has 0 aromatic carbocycles. The summed E-state index contributed by atoms with van der Waals surface area (Å²) in [5.74, 6) is 0. The molecule has 0 saturated heterocycles. The summed E-state index contributed by atoms with van der Waals surface area (Å²) in [6.45, 7) is 3.18. The molecule has 0 saturated carbocycles. The lowest BCUT2D eigenvalue weighted by Crippen LogP contribution is -2.24. The van der Waals surface area contributed by atoms with E-state index in [0.717, 1.165) is 24.9 Å². The summed E-state index contributed by atoms with van der Waals surface area (Å²) in [6.07, 6.45) is 9.74. The van der Waals surface area contributed by atoms with E-state index in [-0.39, 0.29) is 6.04 Å². The summed E-state index contributed by atoms with van der Waals surface area (Å²) in [5, 5.41) is 8.08. The number of nitrogens with zero attached hydrogens (tertiary/aromatic N) is 3. The van der Waals surface area contributed by atoms with Crippen LogP contribution in [0.5, 0.6) is 0 Å². The van der Waals surface area contributed by atoms with Crippen LogP contribution < -0.4 is 5.32 Å². The third kappa shape index (κ3) is 3.11. The number of rotatable bonds is 6. The zero-order chi connectivity index (χ0) is 14.5. The molecular weight excluding hydrogens is 260 g/mol. The van der Waals surface area contributed by atoms with Crippen molar-refractivity contribution in [1.29, 1.82) is 0 Å². The van der Waals surface area contributed by atoms with Crippen LogP contribution in [0.2, 0.25) is 0 Å². The van der Waals surface area contributed by atoms with Crippen LogP contribution >= 0.6 is 0 Å². The molecule has 3 rings (SSSR count). The molecule has 0 bridgehead atoms. The molecule has 0 radical (unpaired) electrons. The topological polar surface area (TPSA) is 42.2 Å². The van der Waals surface area contributed by atoms with Crippen LogP contribution in [-0.2, 0) is 6.42 Å². The Morgan fingerprint density at radius 3 is 2.95 bits per heavy atom. The SMILES string of the molecule is CCCNC(Cc1cccnc1)c1cnn2ccccc12. The van der Waals surface area contributed by atoms with E-state index < -0.39 is 0 Å². The third-order valence-corrected chi connectivity index (χ3v) is 3.64. The van der Waals surface area contributed by atoms with Crippen LogP contribution in [0.3, 0.4) is 0 Å². The Bertz CT molecular complexity index is 690. The van der Waals surface area contributed by atoms with E-state index in [1.165, 1.54) is 11.1 Å². The summed E-state index contributed by atoms with van der Waals surface area (Å²) in [4.78, 5) is 4.21. The molecule has 0 spiro atoms. The Morgan fingerprint density at radius 2 is 2.14 bits per heavy atom. The first-order valence-corrected chi connectivity index (χ1v) is 7.43. The molecule has 3 aromatic rings. The Hall–Kier alpha value is -2.20. The Kier molecular flexibility index (Phi) is 4.26. The van der Waals surface area contributed by atoms with Gasteiger partial charge in [-0.1, -0.05) is 19.1 Å². The highest BCUT2D eigenvalue weighted by Gasteiger charge is 2.16. The van der Waals surface area contributed by atoms with Crippen molar-refractivity contribution in [2.45, 2.75) is 25.8 Å². The van der Waals surface area contributed by atoms with Gasteiger partial charge in [-0.2, -0.15) is 5.10 Å². The van der Waals surface area contributed by atoms with Gasteiger partial charge in [-0.05, 0) is 43.1 Å². The van der Waals surface area contributed by atoms with Crippen molar-refractivity contribution < 1.29 is 0 Å². The van der Waals surface area contributed by atoms with E-state index in [2.05, 4.69) is 40.5 Å². The number of hydrogen-bond acceptors (Lipinski definition) is 3. The van der Waals surface area contributed by atoms with Gasteiger partial charge in [0.25, 0.3) is 0 Å². The Labute approximate surface area is 124 Å². The highest BCUT2D eigenvalue weighted by atomic mass is 15.2. The molecule has 0 aliphatic rings. The fourth-order valence-electron chi connectivity index (χ4n) is 2.59. The largest absolute Gasteiger partial charge is 0.310 e. The van der Waals surface area contributed by atoms with Gasteiger partial charge < -0.3 is 5.32 Å². The second-order valence-corrected chi connectivity index (χ2v) is 5.20. The molecule has 0 fully saturated rings. The van der Waals surface area contributed by atoms with Crippen LogP contribution in [0.4, 0.5) is 0 Å². The van der Waals surface area contributed by atoms with Gasteiger partial charge in [0.2, 0.25) is 0 Å². The van der Waals surface area contributed by atoms with Crippen LogP contribution in [0, 0.1) is 0 Å². The predicted octanol–water partition coefficient (Wildman–Crippen LogP) is 3.01. The van der Waals surface area contributed by atoms with E-state index in [9.17, 15) is 0 Å². The number of hydrogen-bond donors (Lipinski definition) is 1. The second kappa shape index (κ2) is 6.50. The van der Waals surface area contributed by atoms with Crippen LogP contribution in [-0.4, -0.2) is 21.1 Å². The van der Waals surface area contributed by atoms with Crippen molar-refractivity contribution in [2.75, 3.05) is 6.54 Å². The van der Waals surface area contributed by atoms with Crippen LogP contribution in [0.25, 0.3) is 5.52 Å². The molecule has 1 unspecified atom stereocenters. The Morgan fingerprint density at radius 1 is 1.19 bits per heavy atom. The van der Waals surface area contributed by atoms with Gasteiger partial charge in [-0.25, -0.2) is 4.52 Å². The summed E-state index contributed by atoms with van der Waals surface area (Å²) < 4.78 is 1.93. The molecular formula is C17H20N4. The minimum atomic E-state index is 0.258. The molecule has 3 heterocycles. The standard InChI is InChI=1S/C17H20N4/c1-2-8-19-16(11-14-6-5-9-18-12-14)15-13-20-21-10-4-3-7-17(15)21/h3-7,9-10,12-13,16,19H,2,8,11H2,1H3. The summed E-state index contributed by atoms with van der Waals surface area (Å²) in [6, 6.07) is 10.5. The molecule has 0 aliphatic carbocycles. The number of aromatic nitrogens is 3. The van der Waals surface area contributed by atoms with Gasteiger partial charge in [-0.15, -0.1) is 0 Å². The molecule has 1 atom stereocenters. The fraction of sp³-hybridized carbons (Fsp3) is 0.294. The van der Waals surface area contributed by atoms with E-state index >= 15 is 0 Å². The maximum absolute atomic E-state index is 4.45. The third-order valence-electron chi connectivity index (χ3n) is 3.64. The minimum Gasteiger partial charge on any atom is -0.310 e. The molecule has 4 nitrogen and oxygen atoms in total. The molecule has 1 N–H and O–H groups in total. The van der Waals surface area contributed by atoms with Crippen molar-refractivity contribution in [1.82, 2.24) is 19.9 Å². The van der Waals surface area contributed by atoms with Crippen molar-refractivity contribution in [2.24, 2.45) is 0 Å². The molecule has 0 amide bonds. The van der Waals surface area contributed by atoms with Gasteiger partial charge in [0, 0.05) is 30.2 Å². The lowest BCUT2D eigenvalue weighted by Gasteiger charge is -2.17. The predicted molar refractivity (Wildman–Crippen MR) is 84.2 cm³/mol. The first-order chi connectivity index (χ1) is 10.4. The van der Waals surface area contributed by atoms with E-state index in [0.29, 0.717) is 0 Å². The van der Waals surface area contributed by atoms with E-state index in [4.69, 9.17) is 0 Å². The van der Waals surface area contributed by atoms with Crippen molar-refractivity contribution in [3.63, 3.8) is 0 Å². The molecule has 21 heavy (non-hydrogen) atoms. The smallest absolute Gasteiger partial charge is 0.0709 e. The highest BCUT2D eigenvalue weighted by Crippen LogP contribution is 2.22. The first-order valence-electron chi connectivity index (χ1n) is 7.43. The normalized spacial score (nSPS) is 12.6. The summed E-state index contributed by atoms with van der Waals surface area (Å²) in [5.41, 5.74) is 3.64. The monoisotopic (exact) mass is 280 g/mol. The molecule has 3 aromatic heterocycles. The average Bonchev–Trinajstić information content (AvgIpc) is 2.96. The Balaban J connectivity index is 1.91.